The third kappa shape index (κ3) is 4.07. The van der Waals surface area contributed by atoms with Crippen LogP contribution in [0.3, 0.4) is 0 Å². The number of fused-ring (bicyclic) bond motifs is 3. The number of nitrogens with one attached hydrogen (secondary N) is 1. The van der Waals surface area contributed by atoms with E-state index in [1.807, 2.05) is 26.0 Å². The van der Waals surface area contributed by atoms with Gasteiger partial charge in [0.25, 0.3) is 8.15 Å². The highest BCUT2D eigenvalue weighted by Crippen LogP contribution is 2.47. The number of carbonyl (C=O) groups excluding carboxylic acids is 2. The molecule has 26 heavy (non-hydrogen) atoms. The van der Waals surface area contributed by atoms with E-state index in [0.717, 1.165) is 54.3 Å². The summed E-state index contributed by atoms with van der Waals surface area (Å²) in [4.78, 5) is 29.3. The number of rotatable bonds is 7. The lowest BCUT2D eigenvalue weighted by molar-refractivity contribution is -0.118. The molecule has 0 radical (unpaired) electrons. The number of halogens is 1. The van der Waals surface area contributed by atoms with Crippen molar-refractivity contribution in [2.24, 2.45) is 0 Å². The van der Waals surface area contributed by atoms with Gasteiger partial charge in [-0.2, -0.15) is 4.20 Å². The molecule has 5 nitrogen and oxygen atoms in total. The Labute approximate surface area is 155 Å². The van der Waals surface area contributed by atoms with E-state index in [1.54, 1.807) is 6.07 Å². The molecule has 3 rings (SSSR count). The Balaban J connectivity index is 1.79. The van der Waals surface area contributed by atoms with Gasteiger partial charge in [-0.3, -0.25) is 4.79 Å². The van der Waals surface area contributed by atoms with E-state index in [0.29, 0.717) is 13.0 Å². The van der Waals surface area contributed by atoms with Crippen LogP contribution in [-0.2, 0) is 15.7 Å². The Bertz CT molecular complexity index is 822. The van der Waals surface area contributed by atoms with Crippen molar-refractivity contribution in [3.05, 3.63) is 29.5 Å². The smallest absolute Gasteiger partial charge is 0.359 e. The Morgan fingerprint density at radius 2 is 2.15 bits per heavy atom. The van der Waals surface area contributed by atoms with Gasteiger partial charge >= 0.3 is 5.97 Å². The summed E-state index contributed by atoms with van der Waals surface area (Å²) in [6.45, 7) is 2.81. The highest BCUT2D eigenvalue weighted by atomic mass is 32.0. The first-order valence-corrected chi connectivity index (χ1v) is 11.7. The summed E-state index contributed by atoms with van der Waals surface area (Å²) in [5, 5.41) is 0.891. The van der Waals surface area contributed by atoms with Crippen molar-refractivity contribution in [1.82, 2.24) is 4.98 Å². The predicted molar refractivity (Wildman–Crippen MR) is 106 cm³/mol. The van der Waals surface area contributed by atoms with Gasteiger partial charge in [-0.25, -0.2) is 4.79 Å². The summed E-state index contributed by atoms with van der Waals surface area (Å²) < 4.78 is 17.6. The van der Waals surface area contributed by atoms with Gasteiger partial charge in [0.15, 0.2) is 0 Å². The number of H-pyrrole nitrogens is 1. The topological polar surface area (TPSA) is 62.4 Å². The second kappa shape index (κ2) is 8.45. The summed E-state index contributed by atoms with van der Waals surface area (Å²) in [7, 11) is -0.480. The highest BCUT2D eigenvalue weighted by molar-refractivity contribution is 8.08. The first kappa shape index (κ1) is 19.3. The zero-order valence-corrected chi connectivity index (χ0v) is 16.8. The van der Waals surface area contributed by atoms with E-state index in [2.05, 4.69) is 16.4 Å². The molecule has 1 aliphatic heterocycles. The monoisotopic (exact) mass is 396 g/mol. The van der Waals surface area contributed by atoms with Crippen molar-refractivity contribution in [2.75, 3.05) is 11.4 Å². The van der Waals surface area contributed by atoms with Gasteiger partial charge in [0.2, 0.25) is 5.91 Å². The number of aromatic nitrogens is 1. The van der Waals surface area contributed by atoms with Gasteiger partial charge in [-0.15, -0.1) is 0 Å². The van der Waals surface area contributed by atoms with Gasteiger partial charge in [0.1, 0.15) is 5.69 Å². The Hall–Kier alpha value is -1.51. The third-order valence-electron chi connectivity index (χ3n) is 4.70. The molecule has 0 saturated heterocycles. The summed E-state index contributed by atoms with van der Waals surface area (Å²) in [6.07, 6.45) is 5.62. The van der Waals surface area contributed by atoms with Gasteiger partial charge < -0.3 is 14.4 Å². The summed E-state index contributed by atoms with van der Waals surface area (Å²) in [5.41, 5.74) is 2.98. The lowest BCUT2D eigenvalue weighted by Gasteiger charge is -2.17. The van der Waals surface area contributed by atoms with Crippen LogP contribution in [0.15, 0.2) is 18.2 Å². The molecule has 2 aromatic rings. The normalized spacial score (nSPS) is 14.5. The fourth-order valence-corrected chi connectivity index (χ4v) is 3.99. The Kier molecular flexibility index (Phi) is 6.26. The molecular formula is C18H23FN2O3P2. The average Bonchev–Trinajstić information content (AvgIpc) is 3.21. The fourth-order valence-electron chi connectivity index (χ4n) is 3.45. The zero-order valence-electron chi connectivity index (χ0n) is 14.8. The zero-order chi connectivity index (χ0) is 18.7. The number of hydrogen-bond acceptors (Lipinski definition) is 3. The average molecular weight is 396 g/mol. The molecule has 1 N–H and O–H groups in total. The minimum absolute atomic E-state index is 0.153. The molecule has 2 heterocycles. The van der Waals surface area contributed by atoms with E-state index in [9.17, 15) is 13.8 Å². The van der Waals surface area contributed by atoms with Crippen molar-refractivity contribution in [1.29, 1.82) is 0 Å². The number of unbranched alkanes of at least 4 members (excludes halogenated alkanes) is 3. The number of aromatic amines is 1. The first-order valence-electron chi connectivity index (χ1n) is 8.89. The first-order chi connectivity index (χ1) is 12.5. The second-order valence-corrected chi connectivity index (χ2v) is 8.41. The molecule has 1 aromatic carbocycles. The number of hydrogen-bond donors (Lipinski definition) is 1. The molecule has 0 spiro atoms. The minimum Gasteiger partial charge on any atom is -0.405 e. The van der Waals surface area contributed by atoms with Crippen LogP contribution in [0.1, 0.15) is 55.1 Å². The van der Waals surface area contributed by atoms with Crippen LogP contribution in [0, 0.1) is 0 Å². The van der Waals surface area contributed by atoms with Crippen molar-refractivity contribution < 1.29 is 18.3 Å². The highest BCUT2D eigenvalue weighted by Gasteiger charge is 2.27. The number of anilines is 1. The molecular weight excluding hydrogens is 373 g/mol. The molecule has 1 amide bonds. The molecule has 1 aromatic heterocycles. The molecule has 0 aliphatic carbocycles. The molecule has 0 saturated carbocycles. The van der Waals surface area contributed by atoms with Crippen LogP contribution in [0.5, 0.6) is 0 Å². The molecule has 8 heteroatoms. The summed E-state index contributed by atoms with van der Waals surface area (Å²) in [6, 6.07) is 5.46. The van der Waals surface area contributed by atoms with Crippen LogP contribution in [0.2, 0.25) is 0 Å². The van der Waals surface area contributed by atoms with E-state index in [-0.39, 0.29) is 11.6 Å². The Morgan fingerprint density at radius 1 is 1.35 bits per heavy atom. The largest absolute Gasteiger partial charge is 0.405 e. The third-order valence-corrected chi connectivity index (χ3v) is 5.36. The molecule has 0 fully saturated rings. The maximum absolute atomic E-state index is 12.9. The molecule has 2 unspecified atom stereocenters. The molecule has 0 bridgehead atoms. The lowest BCUT2D eigenvalue weighted by atomic mass is 10.1. The molecule has 140 valence electrons. The number of amides is 1. The SMILES string of the molecule is CCCCCCC(=O)N1CCc2c1ccc1[nH]c(C(=O)OP(F)P)cc21. The maximum Gasteiger partial charge on any atom is 0.359 e. The number of carbonyl (C=O) groups is 2. The Morgan fingerprint density at radius 3 is 2.88 bits per heavy atom. The van der Waals surface area contributed by atoms with E-state index >= 15 is 0 Å². The lowest BCUT2D eigenvalue weighted by Crippen LogP contribution is -2.28. The summed E-state index contributed by atoms with van der Waals surface area (Å²) >= 11 is 0. The maximum atomic E-state index is 12.9. The van der Waals surface area contributed by atoms with Crippen LogP contribution >= 0.6 is 17.1 Å². The quantitative estimate of drug-likeness (QED) is 0.513. The van der Waals surface area contributed by atoms with Crippen LogP contribution in [-0.4, -0.2) is 23.4 Å². The van der Waals surface area contributed by atoms with Crippen molar-refractivity contribution in [3.8, 4) is 0 Å². The van der Waals surface area contributed by atoms with Crippen molar-refractivity contribution in [3.63, 3.8) is 0 Å². The summed E-state index contributed by atoms with van der Waals surface area (Å²) in [5.74, 6) is -0.555. The van der Waals surface area contributed by atoms with Crippen LogP contribution in [0.4, 0.5) is 9.88 Å². The van der Waals surface area contributed by atoms with Gasteiger partial charge in [-0.1, -0.05) is 26.2 Å². The van der Waals surface area contributed by atoms with Crippen molar-refractivity contribution >= 4 is 45.5 Å². The van der Waals surface area contributed by atoms with E-state index in [1.165, 1.54) is 0 Å². The van der Waals surface area contributed by atoms with Crippen LogP contribution < -0.4 is 4.90 Å². The minimum atomic E-state index is -2.33. The standard InChI is InChI=1S/C18H23FN2O3P2/c1-2-3-4-5-6-17(22)21-10-9-12-13-11-15(18(23)24-26(19)25)20-14(13)7-8-16(12)21/h7-8,11,20H,2-6,9-10,25H2,1H3. The van der Waals surface area contributed by atoms with Gasteiger partial charge in [0, 0.05) is 29.6 Å². The van der Waals surface area contributed by atoms with Gasteiger partial charge in [0.05, 0.1) is 0 Å². The van der Waals surface area contributed by atoms with Crippen LogP contribution in [0.25, 0.3) is 10.9 Å². The molecule has 1 aliphatic rings. The van der Waals surface area contributed by atoms with Gasteiger partial charge in [-0.05, 0) is 45.5 Å². The van der Waals surface area contributed by atoms with Crippen molar-refractivity contribution in [2.45, 2.75) is 45.4 Å². The fraction of sp³-hybridized carbons (Fsp3) is 0.444. The van der Waals surface area contributed by atoms with E-state index < -0.39 is 14.1 Å². The second-order valence-electron chi connectivity index (χ2n) is 6.46. The number of benzene rings is 1. The van der Waals surface area contributed by atoms with E-state index in [4.69, 9.17) is 0 Å². The molecule has 2 atom stereocenters. The number of nitrogens with zero attached hydrogens (tertiary/aromatic N) is 1. The predicted octanol–water partition coefficient (Wildman–Crippen LogP) is 5.26.